The summed E-state index contributed by atoms with van der Waals surface area (Å²) in [5.74, 6) is 0.581. The van der Waals surface area contributed by atoms with Crippen LogP contribution in [0.2, 0.25) is 0 Å². The lowest BCUT2D eigenvalue weighted by molar-refractivity contribution is -0.141. The largest absolute Gasteiger partial charge is 0.494 e. The zero-order chi connectivity index (χ0) is 31.6. The quantitative estimate of drug-likeness (QED) is 0.0932. The van der Waals surface area contributed by atoms with Gasteiger partial charge >= 0.3 is 5.97 Å². The Labute approximate surface area is 265 Å². The number of para-hydroxylation sites is 1. The molecule has 7 heteroatoms. The Bertz CT molecular complexity index is 1600. The fourth-order valence-corrected chi connectivity index (χ4v) is 5.36. The van der Waals surface area contributed by atoms with Crippen LogP contribution in [-0.2, 0) is 27.3 Å². The summed E-state index contributed by atoms with van der Waals surface area (Å²) >= 11 is 0. The van der Waals surface area contributed by atoms with Crippen molar-refractivity contribution in [3.63, 3.8) is 0 Å². The summed E-state index contributed by atoms with van der Waals surface area (Å²) in [5, 5.41) is 3.25. The number of carbonyl (C=O) groups is 3. The number of ketones is 1. The molecule has 1 aliphatic carbocycles. The van der Waals surface area contributed by atoms with Gasteiger partial charge in [0.25, 0.3) is 0 Å². The first-order chi connectivity index (χ1) is 21.9. The maximum Gasteiger partial charge on any atom is 0.328 e. The normalized spacial score (nSPS) is 13.0. The lowest BCUT2D eigenvalue weighted by Crippen LogP contribution is -2.33. The molecule has 0 radical (unpaired) electrons. The summed E-state index contributed by atoms with van der Waals surface area (Å²) in [7, 11) is 1.36. The summed E-state index contributed by atoms with van der Waals surface area (Å²) in [5.41, 5.74) is 4.87. The molecule has 1 N–H and O–H groups in total. The van der Waals surface area contributed by atoms with Gasteiger partial charge in [0.1, 0.15) is 11.8 Å². The van der Waals surface area contributed by atoms with Crippen molar-refractivity contribution in [3.05, 3.63) is 131 Å². The third kappa shape index (κ3) is 8.82. The van der Waals surface area contributed by atoms with Crippen LogP contribution in [0.4, 0.5) is 5.69 Å². The lowest BCUT2D eigenvalue weighted by atomic mass is 10.00. The molecule has 0 aromatic heterocycles. The predicted molar refractivity (Wildman–Crippen MR) is 175 cm³/mol. The molecule has 4 aromatic carbocycles. The smallest absolute Gasteiger partial charge is 0.328 e. The molecule has 0 heterocycles. The third-order valence-corrected chi connectivity index (χ3v) is 7.92. The number of hydrogen-bond donors (Lipinski definition) is 1. The molecule has 1 aliphatic rings. The summed E-state index contributed by atoms with van der Waals surface area (Å²) in [6.07, 6.45) is 3.05. The maximum atomic E-state index is 13.2. The molecule has 0 spiro atoms. The van der Waals surface area contributed by atoms with Crippen LogP contribution >= 0.6 is 0 Å². The Morgan fingerprint density at radius 2 is 1.60 bits per heavy atom. The molecule has 4 aromatic rings. The van der Waals surface area contributed by atoms with E-state index in [1.54, 1.807) is 30.3 Å². The molecule has 232 valence electrons. The number of aryl methyl sites for hydroxylation is 1. The zero-order valence-electron chi connectivity index (χ0n) is 25.9. The first-order valence-corrected chi connectivity index (χ1v) is 15.5. The van der Waals surface area contributed by atoms with Crippen LogP contribution in [0.5, 0.6) is 5.75 Å². The molecular formula is C38H40N2O5. The van der Waals surface area contributed by atoms with Gasteiger partial charge in [-0.15, -0.1) is 0 Å². The summed E-state index contributed by atoms with van der Waals surface area (Å²) < 4.78 is 11.1. The van der Waals surface area contributed by atoms with Crippen LogP contribution in [0.25, 0.3) is 0 Å². The highest BCUT2D eigenvalue weighted by Gasteiger charge is 2.33. The highest BCUT2D eigenvalue weighted by Crippen LogP contribution is 2.31. The minimum atomic E-state index is -0.699. The monoisotopic (exact) mass is 604 g/mol. The second kappa shape index (κ2) is 15.2. The van der Waals surface area contributed by atoms with E-state index in [0.29, 0.717) is 42.9 Å². The number of rotatable bonds is 15. The number of hydrogen-bond acceptors (Lipinski definition) is 6. The molecular weight excluding hydrogens is 564 g/mol. The van der Waals surface area contributed by atoms with Gasteiger partial charge in [-0.25, -0.2) is 4.79 Å². The van der Waals surface area contributed by atoms with Crippen molar-refractivity contribution in [3.8, 4) is 5.75 Å². The number of benzene rings is 4. The van der Waals surface area contributed by atoms with Crippen LogP contribution in [0.15, 0.2) is 103 Å². The van der Waals surface area contributed by atoms with E-state index in [1.165, 1.54) is 12.7 Å². The van der Waals surface area contributed by atoms with Crippen LogP contribution in [0.1, 0.15) is 51.9 Å². The molecule has 45 heavy (non-hydrogen) atoms. The fraction of sp³-hybridized carbons (Fsp3) is 0.289. The Morgan fingerprint density at radius 3 is 2.31 bits per heavy atom. The van der Waals surface area contributed by atoms with Crippen molar-refractivity contribution in [2.45, 2.75) is 45.2 Å². The summed E-state index contributed by atoms with van der Waals surface area (Å²) in [4.78, 5) is 40.9. The molecule has 0 bridgehead atoms. The fourth-order valence-electron chi connectivity index (χ4n) is 5.36. The number of esters is 1. The van der Waals surface area contributed by atoms with Crippen molar-refractivity contribution < 1.29 is 23.9 Å². The molecule has 7 nitrogen and oxygen atoms in total. The zero-order valence-corrected chi connectivity index (χ0v) is 25.9. The first kappa shape index (κ1) is 31.5. The van der Waals surface area contributed by atoms with Crippen LogP contribution in [0, 0.1) is 12.8 Å². The minimum absolute atomic E-state index is 0.126. The molecule has 1 fully saturated rings. The minimum Gasteiger partial charge on any atom is -0.494 e. The molecule has 1 atom stereocenters. The standard InChI is InChI=1S/C38H40N2O5/c1-27-10-8-11-29(24-27)26-40(37(42)31-18-19-31)22-9-23-45-32-20-16-28(17-21-32)25-35(38(43)44-2)39-34-15-7-6-14-33(34)36(41)30-12-4-3-5-13-30/h3-8,10-17,20-21,24,31,35,39H,9,18-19,22-23,25-26H2,1-2H3/t35-/m0/s1. The number of anilines is 1. The van der Waals surface area contributed by atoms with Crippen molar-refractivity contribution in [2.24, 2.45) is 5.92 Å². The van der Waals surface area contributed by atoms with Gasteiger partial charge in [-0.3, -0.25) is 9.59 Å². The van der Waals surface area contributed by atoms with E-state index in [9.17, 15) is 14.4 Å². The average Bonchev–Trinajstić information content (AvgIpc) is 3.92. The van der Waals surface area contributed by atoms with Crippen LogP contribution < -0.4 is 10.1 Å². The number of amides is 1. The van der Waals surface area contributed by atoms with Gasteiger partial charge < -0.3 is 19.7 Å². The molecule has 5 rings (SSSR count). The van der Waals surface area contributed by atoms with Crippen molar-refractivity contribution >= 4 is 23.3 Å². The Kier molecular flexibility index (Phi) is 10.6. The maximum absolute atomic E-state index is 13.2. The number of carbonyl (C=O) groups excluding carboxylic acids is 3. The van der Waals surface area contributed by atoms with Gasteiger partial charge in [-0.2, -0.15) is 0 Å². The van der Waals surface area contributed by atoms with E-state index in [1.807, 2.05) is 59.5 Å². The van der Waals surface area contributed by atoms with E-state index >= 15 is 0 Å². The van der Waals surface area contributed by atoms with Gasteiger partial charge in [0.15, 0.2) is 5.78 Å². The second-order valence-electron chi connectivity index (χ2n) is 11.5. The highest BCUT2D eigenvalue weighted by atomic mass is 16.5. The second-order valence-corrected chi connectivity index (χ2v) is 11.5. The number of nitrogens with zero attached hydrogens (tertiary/aromatic N) is 1. The van der Waals surface area contributed by atoms with Crippen molar-refractivity contribution in [1.82, 2.24) is 4.90 Å². The Balaban J connectivity index is 1.17. The van der Waals surface area contributed by atoms with E-state index in [-0.39, 0.29) is 17.6 Å². The molecule has 1 amide bonds. The van der Waals surface area contributed by atoms with Crippen LogP contribution in [0.3, 0.4) is 0 Å². The van der Waals surface area contributed by atoms with E-state index < -0.39 is 12.0 Å². The topological polar surface area (TPSA) is 84.9 Å². The lowest BCUT2D eigenvalue weighted by Gasteiger charge is -2.23. The third-order valence-electron chi connectivity index (χ3n) is 7.92. The first-order valence-electron chi connectivity index (χ1n) is 15.5. The van der Waals surface area contributed by atoms with Gasteiger partial charge in [-0.1, -0.05) is 84.4 Å². The number of nitrogens with one attached hydrogen (secondary N) is 1. The Morgan fingerprint density at radius 1 is 0.867 bits per heavy atom. The number of ether oxygens (including phenoxy) is 2. The van der Waals surface area contributed by atoms with Gasteiger partial charge in [0, 0.05) is 42.2 Å². The van der Waals surface area contributed by atoms with Crippen molar-refractivity contribution in [1.29, 1.82) is 0 Å². The van der Waals surface area contributed by atoms with E-state index in [0.717, 1.165) is 36.1 Å². The van der Waals surface area contributed by atoms with E-state index in [4.69, 9.17) is 9.47 Å². The average molecular weight is 605 g/mol. The molecule has 0 aliphatic heterocycles. The van der Waals surface area contributed by atoms with Gasteiger partial charge in [-0.05, 0) is 61.6 Å². The van der Waals surface area contributed by atoms with E-state index in [2.05, 4.69) is 30.4 Å². The Hall–Kier alpha value is -4.91. The van der Waals surface area contributed by atoms with Gasteiger partial charge in [0.2, 0.25) is 5.91 Å². The predicted octanol–water partition coefficient (Wildman–Crippen LogP) is 6.63. The van der Waals surface area contributed by atoms with Crippen molar-refractivity contribution in [2.75, 3.05) is 25.6 Å². The van der Waals surface area contributed by atoms with Crippen LogP contribution in [-0.4, -0.2) is 48.9 Å². The molecule has 1 saturated carbocycles. The summed E-state index contributed by atoms with van der Waals surface area (Å²) in [6.45, 7) is 3.81. The SMILES string of the molecule is COC(=O)[C@H](Cc1ccc(OCCCN(Cc2cccc(C)c2)C(=O)C2CC2)cc1)Nc1ccccc1C(=O)c1ccccc1. The van der Waals surface area contributed by atoms with Gasteiger partial charge in [0.05, 0.1) is 13.7 Å². The highest BCUT2D eigenvalue weighted by molar-refractivity contribution is 6.12. The number of methoxy groups -OCH3 is 1. The summed E-state index contributed by atoms with van der Waals surface area (Å²) in [6, 6.07) is 31.5. The molecule has 0 saturated heterocycles. The molecule has 0 unspecified atom stereocenters.